The van der Waals surface area contributed by atoms with E-state index in [0.717, 1.165) is 23.1 Å². The van der Waals surface area contributed by atoms with Gasteiger partial charge in [-0.1, -0.05) is 48.9 Å². The van der Waals surface area contributed by atoms with E-state index in [1.165, 1.54) is 18.8 Å². The molecular weight excluding hydrogens is 470 g/mol. The lowest BCUT2D eigenvalue weighted by Gasteiger charge is -2.17. The first-order valence-electron chi connectivity index (χ1n) is 12.2. The number of aromatic nitrogens is 2. The van der Waals surface area contributed by atoms with Crippen LogP contribution in [0.5, 0.6) is 11.5 Å². The molecule has 0 saturated heterocycles. The van der Waals surface area contributed by atoms with Gasteiger partial charge in [-0.3, -0.25) is 18.7 Å². The van der Waals surface area contributed by atoms with Crippen LogP contribution in [0.15, 0.2) is 70.3 Å². The Balaban J connectivity index is 1.82. The number of nitrogens with zero attached hydrogens (tertiary/aromatic N) is 2. The number of benzene rings is 3. The number of hydrogen-bond donors (Lipinski definition) is 1. The summed E-state index contributed by atoms with van der Waals surface area (Å²) in [6.45, 7) is 4.93. The molecule has 1 amide bonds. The van der Waals surface area contributed by atoms with Crippen LogP contribution in [0.4, 0.5) is 0 Å². The van der Waals surface area contributed by atoms with Gasteiger partial charge in [-0.15, -0.1) is 0 Å². The molecule has 0 radical (unpaired) electrons. The Morgan fingerprint density at radius 2 is 1.41 bits per heavy atom. The Morgan fingerprint density at radius 3 is 2.00 bits per heavy atom. The highest BCUT2D eigenvalue weighted by atomic mass is 16.5. The third-order valence-corrected chi connectivity index (χ3v) is 6.28. The van der Waals surface area contributed by atoms with Crippen LogP contribution in [0, 0.1) is 6.92 Å². The first-order valence-corrected chi connectivity index (χ1v) is 12.2. The third-order valence-electron chi connectivity index (χ3n) is 6.28. The van der Waals surface area contributed by atoms with Gasteiger partial charge in [0.25, 0.3) is 11.5 Å². The van der Waals surface area contributed by atoms with Crippen molar-refractivity contribution in [1.82, 2.24) is 14.5 Å². The number of aryl methyl sites for hydroxylation is 1. The summed E-state index contributed by atoms with van der Waals surface area (Å²) in [6.07, 6.45) is 0.847. The van der Waals surface area contributed by atoms with Crippen molar-refractivity contribution in [3.05, 3.63) is 104 Å². The lowest BCUT2D eigenvalue weighted by molar-refractivity contribution is 0.0953. The Kier molecular flexibility index (Phi) is 7.77. The Morgan fingerprint density at radius 1 is 0.838 bits per heavy atom. The van der Waals surface area contributed by atoms with E-state index in [9.17, 15) is 14.4 Å². The molecule has 0 unspecified atom stereocenters. The van der Waals surface area contributed by atoms with Crippen molar-refractivity contribution in [3.8, 4) is 11.5 Å². The van der Waals surface area contributed by atoms with Gasteiger partial charge in [-0.25, -0.2) is 4.79 Å². The van der Waals surface area contributed by atoms with Crippen molar-refractivity contribution in [3.63, 3.8) is 0 Å². The Labute approximate surface area is 215 Å². The minimum absolute atomic E-state index is 0.0622. The number of ether oxygens (including phenoxy) is 2. The number of fused-ring (bicyclic) bond motifs is 1. The van der Waals surface area contributed by atoms with Crippen LogP contribution in [-0.2, 0) is 13.1 Å². The molecular formula is C29H31N3O5. The maximum atomic E-state index is 13.7. The highest BCUT2D eigenvalue weighted by Crippen LogP contribution is 2.30. The van der Waals surface area contributed by atoms with Gasteiger partial charge in [0.05, 0.1) is 38.2 Å². The monoisotopic (exact) mass is 501 g/mol. The summed E-state index contributed by atoms with van der Waals surface area (Å²) in [5.74, 6) is 0.681. The van der Waals surface area contributed by atoms with Crippen molar-refractivity contribution >= 4 is 16.8 Å². The first kappa shape index (κ1) is 25.8. The van der Waals surface area contributed by atoms with Crippen LogP contribution in [0.2, 0.25) is 0 Å². The molecule has 0 fully saturated rings. The van der Waals surface area contributed by atoms with Crippen molar-refractivity contribution in [2.75, 3.05) is 20.8 Å². The van der Waals surface area contributed by atoms with Gasteiger partial charge in [0.15, 0.2) is 11.5 Å². The van der Waals surface area contributed by atoms with Crippen LogP contribution in [-0.4, -0.2) is 35.8 Å². The second-order valence-corrected chi connectivity index (χ2v) is 8.92. The molecule has 0 bridgehead atoms. The van der Waals surface area contributed by atoms with Gasteiger partial charge < -0.3 is 14.8 Å². The van der Waals surface area contributed by atoms with Crippen LogP contribution in [0.3, 0.4) is 0 Å². The van der Waals surface area contributed by atoms with Crippen molar-refractivity contribution in [1.29, 1.82) is 0 Å². The molecule has 0 saturated carbocycles. The van der Waals surface area contributed by atoms with Crippen molar-refractivity contribution < 1.29 is 14.3 Å². The summed E-state index contributed by atoms with van der Waals surface area (Å²) in [5.41, 5.74) is 2.90. The zero-order valence-electron chi connectivity index (χ0n) is 21.5. The van der Waals surface area contributed by atoms with Crippen LogP contribution in [0.25, 0.3) is 10.9 Å². The summed E-state index contributed by atoms with van der Waals surface area (Å²) in [6, 6.07) is 18.1. The molecule has 0 aliphatic carbocycles. The van der Waals surface area contributed by atoms with Crippen molar-refractivity contribution in [2.45, 2.75) is 33.4 Å². The molecule has 8 nitrogen and oxygen atoms in total. The number of rotatable bonds is 9. The highest BCUT2D eigenvalue weighted by molar-refractivity contribution is 5.94. The first-order chi connectivity index (χ1) is 17.9. The topological polar surface area (TPSA) is 91.6 Å². The summed E-state index contributed by atoms with van der Waals surface area (Å²) < 4.78 is 13.7. The summed E-state index contributed by atoms with van der Waals surface area (Å²) in [4.78, 5) is 39.5. The summed E-state index contributed by atoms with van der Waals surface area (Å²) in [7, 11) is 3.02. The Bertz CT molecular complexity index is 1530. The van der Waals surface area contributed by atoms with Gasteiger partial charge in [-0.2, -0.15) is 0 Å². The molecule has 0 aliphatic rings. The number of hydrogen-bond acceptors (Lipinski definition) is 5. The average Bonchev–Trinajstić information content (AvgIpc) is 2.92. The smallest absolute Gasteiger partial charge is 0.332 e. The number of amides is 1. The number of methoxy groups -OCH3 is 2. The maximum Gasteiger partial charge on any atom is 0.332 e. The molecule has 0 atom stereocenters. The van der Waals surface area contributed by atoms with E-state index in [1.54, 1.807) is 41.0 Å². The molecule has 1 heterocycles. The lowest BCUT2D eigenvalue weighted by Crippen LogP contribution is -2.40. The second-order valence-electron chi connectivity index (χ2n) is 8.92. The molecule has 1 aromatic heterocycles. The fourth-order valence-electron chi connectivity index (χ4n) is 4.20. The lowest BCUT2D eigenvalue weighted by atomic mass is 10.1. The van der Waals surface area contributed by atoms with Crippen LogP contribution in [0.1, 0.15) is 40.4 Å². The fraction of sp³-hybridized carbons (Fsp3) is 0.276. The normalized spacial score (nSPS) is 10.9. The largest absolute Gasteiger partial charge is 0.493 e. The molecule has 4 aromatic rings. The molecule has 0 spiro atoms. The maximum absolute atomic E-state index is 13.7. The summed E-state index contributed by atoms with van der Waals surface area (Å²) in [5, 5.41) is 3.19. The van der Waals surface area contributed by atoms with E-state index in [2.05, 4.69) is 5.32 Å². The molecule has 8 heteroatoms. The molecule has 37 heavy (non-hydrogen) atoms. The zero-order chi connectivity index (χ0) is 26.5. The zero-order valence-corrected chi connectivity index (χ0v) is 21.5. The molecule has 4 rings (SSSR count). The van der Waals surface area contributed by atoms with Gasteiger partial charge in [0.1, 0.15) is 0 Å². The number of nitrogens with one attached hydrogen (secondary N) is 1. The molecule has 0 aliphatic heterocycles. The average molecular weight is 502 g/mol. The van der Waals surface area contributed by atoms with Gasteiger partial charge in [0.2, 0.25) is 0 Å². The second kappa shape index (κ2) is 11.2. The van der Waals surface area contributed by atoms with Crippen LogP contribution < -0.4 is 26.0 Å². The van der Waals surface area contributed by atoms with E-state index in [4.69, 9.17) is 9.47 Å². The third kappa shape index (κ3) is 5.43. The van der Waals surface area contributed by atoms with Gasteiger partial charge in [0, 0.05) is 18.2 Å². The minimum Gasteiger partial charge on any atom is -0.493 e. The molecule has 1 N–H and O–H groups in total. The van der Waals surface area contributed by atoms with E-state index in [1.807, 2.05) is 38.1 Å². The van der Waals surface area contributed by atoms with Gasteiger partial charge in [-0.05, 0) is 42.7 Å². The number of carbonyl (C=O) groups excluding carboxylic acids is 1. The van der Waals surface area contributed by atoms with Crippen molar-refractivity contribution in [2.24, 2.45) is 0 Å². The molecule has 192 valence electrons. The SMILES string of the molecule is CCCNC(=O)c1ccc(Cn2c(=O)c3cc(OC)c(OC)cc3n(Cc3ccc(C)cc3)c2=O)cc1. The van der Waals surface area contributed by atoms with E-state index < -0.39 is 11.2 Å². The minimum atomic E-state index is -0.435. The standard InChI is InChI=1S/C29H31N3O5/c1-5-14-30-27(33)22-12-10-21(11-13-22)18-32-28(34)23-15-25(36-3)26(37-4)16-24(23)31(29(32)35)17-20-8-6-19(2)7-9-20/h6-13,15-16H,5,14,17-18H2,1-4H3,(H,30,33). The molecule has 3 aromatic carbocycles. The summed E-state index contributed by atoms with van der Waals surface area (Å²) >= 11 is 0. The predicted molar refractivity (Wildman–Crippen MR) is 144 cm³/mol. The predicted octanol–water partition coefficient (Wildman–Crippen LogP) is 3.73. The number of carbonyl (C=O) groups is 1. The fourth-order valence-corrected chi connectivity index (χ4v) is 4.20. The van der Waals surface area contributed by atoms with E-state index in [0.29, 0.717) is 34.5 Å². The van der Waals surface area contributed by atoms with Gasteiger partial charge >= 0.3 is 5.69 Å². The Hall–Kier alpha value is -4.33. The highest BCUT2D eigenvalue weighted by Gasteiger charge is 2.18. The van der Waals surface area contributed by atoms with E-state index in [-0.39, 0.29) is 19.0 Å². The quantitative estimate of drug-likeness (QED) is 0.377. The van der Waals surface area contributed by atoms with E-state index >= 15 is 0 Å². The van der Waals surface area contributed by atoms with Crippen LogP contribution >= 0.6 is 0 Å².